The van der Waals surface area contributed by atoms with Crippen molar-refractivity contribution in [3.05, 3.63) is 54.1 Å². The standard InChI is InChI=1S/C17H21N3O2/c21-16(13-4-2-1-3-5-13)6-8-19-17(22)14-7-9-20-12-18-11-15(20)10-14/h1-5,11-12,14,16,21H,6-10H2,(H,19,22). The van der Waals surface area contributed by atoms with Gasteiger partial charge in [0.2, 0.25) is 5.91 Å². The van der Waals surface area contributed by atoms with Gasteiger partial charge in [-0.2, -0.15) is 0 Å². The summed E-state index contributed by atoms with van der Waals surface area (Å²) in [6, 6.07) is 9.53. The Kier molecular flexibility index (Phi) is 4.53. The van der Waals surface area contributed by atoms with E-state index in [1.54, 1.807) is 0 Å². The summed E-state index contributed by atoms with van der Waals surface area (Å²) in [5.41, 5.74) is 2.01. The second-order valence-electron chi connectivity index (χ2n) is 5.77. The maximum absolute atomic E-state index is 12.2. The van der Waals surface area contributed by atoms with Gasteiger partial charge in [0.15, 0.2) is 0 Å². The normalized spacial score (nSPS) is 18.5. The van der Waals surface area contributed by atoms with Crippen LogP contribution in [0.5, 0.6) is 0 Å². The molecule has 2 N–H and O–H groups in total. The first kappa shape index (κ1) is 14.8. The summed E-state index contributed by atoms with van der Waals surface area (Å²) in [5, 5.41) is 13.0. The van der Waals surface area contributed by atoms with E-state index in [4.69, 9.17) is 0 Å². The van der Waals surface area contributed by atoms with E-state index in [-0.39, 0.29) is 11.8 Å². The fraction of sp³-hybridized carbons (Fsp3) is 0.412. The van der Waals surface area contributed by atoms with E-state index >= 15 is 0 Å². The van der Waals surface area contributed by atoms with E-state index < -0.39 is 6.10 Å². The molecule has 3 rings (SSSR count). The minimum absolute atomic E-state index is 0.0121. The number of nitrogens with zero attached hydrogens (tertiary/aromatic N) is 2. The summed E-state index contributed by atoms with van der Waals surface area (Å²) in [4.78, 5) is 16.3. The minimum Gasteiger partial charge on any atom is -0.388 e. The molecule has 0 saturated carbocycles. The van der Waals surface area contributed by atoms with E-state index in [2.05, 4.69) is 14.9 Å². The van der Waals surface area contributed by atoms with Gasteiger partial charge in [0.25, 0.3) is 0 Å². The third kappa shape index (κ3) is 3.36. The number of aliphatic hydroxyl groups excluding tert-OH is 1. The molecule has 1 aliphatic heterocycles. The zero-order valence-electron chi connectivity index (χ0n) is 12.5. The highest BCUT2D eigenvalue weighted by atomic mass is 16.3. The molecule has 5 heteroatoms. The highest BCUT2D eigenvalue weighted by molar-refractivity contribution is 5.79. The SMILES string of the molecule is O=C(NCCC(O)c1ccccc1)C1CCn2cncc2C1. The van der Waals surface area contributed by atoms with Gasteiger partial charge in [0.05, 0.1) is 12.4 Å². The van der Waals surface area contributed by atoms with Crippen LogP contribution in [-0.2, 0) is 17.8 Å². The molecule has 2 unspecified atom stereocenters. The number of carbonyl (C=O) groups is 1. The van der Waals surface area contributed by atoms with Crippen molar-refractivity contribution in [2.75, 3.05) is 6.54 Å². The van der Waals surface area contributed by atoms with Crippen LogP contribution in [0.1, 0.15) is 30.2 Å². The Bertz CT molecular complexity index is 624. The zero-order valence-corrected chi connectivity index (χ0v) is 12.5. The van der Waals surface area contributed by atoms with Crippen LogP contribution in [0.2, 0.25) is 0 Å². The van der Waals surface area contributed by atoms with Crippen LogP contribution < -0.4 is 5.32 Å². The monoisotopic (exact) mass is 299 g/mol. The molecule has 0 radical (unpaired) electrons. The van der Waals surface area contributed by atoms with E-state index in [0.29, 0.717) is 13.0 Å². The predicted octanol–water partition coefficient (Wildman–Crippen LogP) is 1.69. The average Bonchev–Trinajstić information content (AvgIpc) is 3.03. The Morgan fingerprint density at radius 2 is 2.23 bits per heavy atom. The highest BCUT2D eigenvalue weighted by Gasteiger charge is 2.24. The Hall–Kier alpha value is -2.14. The van der Waals surface area contributed by atoms with Crippen molar-refractivity contribution < 1.29 is 9.90 Å². The third-order valence-corrected chi connectivity index (χ3v) is 4.24. The second-order valence-corrected chi connectivity index (χ2v) is 5.77. The van der Waals surface area contributed by atoms with Crippen LogP contribution in [0.25, 0.3) is 0 Å². The number of benzene rings is 1. The van der Waals surface area contributed by atoms with Crippen molar-refractivity contribution in [1.82, 2.24) is 14.9 Å². The Balaban J connectivity index is 1.45. The lowest BCUT2D eigenvalue weighted by Crippen LogP contribution is -2.36. The molecule has 22 heavy (non-hydrogen) atoms. The number of amides is 1. The van der Waals surface area contributed by atoms with Crippen molar-refractivity contribution in [2.45, 2.75) is 31.9 Å². The van der Waals surface area contributed by atoms with Crippen molar-refractivity contribution >= 4 is 5.91 Å². The Labute approximate surface area is 130 Å². The highest BCUT2D eigenvalue weighted by Crippen LogP contribution is 2.20. The largest absolute Gasteiger partial charge is 0.388 e. The molecule has 0 fully saturated rings. The molecule has 0 aliphatic carbocycles. The van der Waals surface area contributed by atoms with Crippen LogP contribution in [-0.4, -0.2) is 27.1 Å². The summed E-state index contributed by atoms with van der Waals surface area (Å²) >= 11 is 0. The number of aryl methyl sites for hydroxylation is 1. The molecule has 1 aliphatic rings. The van der Waals surface area contributed by atoms with Crippen LogP contribution in [0.4, 0.5) is 0 Å². The molecule has 2 heterocycles. The molecule has 0 saturated heterocycles. The quantitative estimate of drug-likeness (QED) is 0.883. The van der Waals surface area contributed by atoms with Gasteiger partial charge in [0.1, 0.15) is 0 Å². The fourth-order valence-corrected chi connectivity index (χ4v) is 2.91. The van der Waals surface area contributed by atoms with Crippen LogP contribution in [0.3, 0.4) is 0 Å². The minimum atomic E-state index is -0.533. The lowest BCUT2D eigenvalue weighted by Gasteiger charge is -2.23. The molecule has 116 valence electrons. The maximum Gasteiger partial charge on any atom is 0.223 e. The molecule has 1 aromatic heterocycles. The number of imidazole rings is 1. The van der Waals surface area contributed by atoms with Gasteiger partial charge in [0, 0.05) is 37.3 Å². The lowest BCUT2D eigenvalue weighted by atomic mass is 9.95. The fourth-order valence-electron chi connectivity index (χ4n) is 2.91. The molecule has 0 bridgehead atoms. The van der Waals surface area contributed by atoms with Gasteiger partial charge in [-0.05, 0) is 18.4 Å². The summed E-state index contributed by atoms with van der Waals surface area (Å²) in [6.45, 7) is 1.34. The average molecular weight is 299 g/mol. The third-order valence-electron chi connectivity index (χ3n) is 4.24. The topological polar surface area (TPSA) is 67.2 Å². The number of nitrogens with one attached hydrogen (secondary N) is 1. The number of carbonyl (C=O) groups excluding carboxylic acids is 1. The lowest BCUT2D eigenvalue weighted by molar-refractivity contribution is -0.125. The van der Waals surface area contributed by atoms with Crippen molar-refractivity contribution in [1.29, 1.82) is 0 Å². The second kappa shape index (κ2) is 6.75. The van der Waals surface area contributed by atoms with Crippen molar-refractivity contribution in [3.8, 4) is 0 Å². The maximum atomic E-state index is 12.2. The van der Waals surface area contributed by atoms with Crippen LogP contribution in [0.15, 0.2) is 42.9 Å². The summed E-state index contributed by atoms with van der Waals surface area (Å²) < 4.78 is 2.10. The number of hydrogen-bond acceptors (Lipinski definition) is 3. The molecular weight excluding hydrogens is 278 g/mol. The van der Waals surface area contributed by atoms with Crippen LogP contribution in [0, 0.1) is 5.92 Å². The molecule has 1 aromatic carbocycles. The number of rotatable bonds is 5. The first-order valence-corrected chi connectivity index (χ1v) is 7.74. The molecule has 1 amide bonds. The van der Waals surface area contributed by atoms with Gasteiger partial charge >= 0.3 is 0 Å². The Morgan fingerprint density at radius 3 is 3.05 bits per heavy atom. The van der Waals surface area contributed by atoms with Gasteiger partial charge in [-0.15, -0.1) is 0 Å². The van der Waals surface area contributed by atoms with E-state index in [9.17, 15) is 9.90 Å². The number of aromatic nitrogens is 2. The van der Waals surface area contributed by atoms with Gasteiger partial charge in [-0.25, -0.2) is 4.98 Å². The molecule has 2 aromatic rings. The van der Waals surface area contributed by atoms with Gasteiger partial charge in [-0.3, -0.25) is 4.79 Å². The summed E-state index contributed by atoms with van der Waals surface area (Å²) in [5.74, 6) is 0.0887. The first-order valence-electron chi connectivity index (χ1n) is 7.74. The number of aliphatic hydroxyl groups is 1. The molecular formula is C17H21N3O2. The van der Waals surface area contributed by atoms with E-state index in [0.717, 1.165) is 30.6 Å². The zero-order chi connectivity index (χ0) is 15.4. The number of fused-ring (bicyclic) bond motifs is 1. The van der Waals surface area contributed by atoms with E-state index in [1.807, 2.05) is 42.9 Å². The predicted molar refractivity (Wildman–Crippen MR) is 83.1 cm³/mol. The summed E-state index contributed by atoms with van der Waals surface area (Å²) in [6.07, 6.45) is 5.23. The van der Waals surface area contributed by atoms with Crippen molar-refractivity contribution in [3.63, 3.8) is 0 Å². The molecule has 0 spiro atoms. The summed E-state index contributed by atoms with van der Waals surface area (Å²) in [7, 11) is 0. The molecule has 5 nitrogen and oxygen atoms in total. The van der Waals surface area contributed by atoms with E-state index in [1.165, 1.54) is 0 Å². The van der Waals surface area contributed by atoms with Crippen LogP contribution >= 0.6 is 0 Å². The van der Waals surface area contributed by atoms with Gasteiger partial charge < -0.3 is 15.0 Å². The first-order chi connectivity index (χ1) is 10.7. The van der Waals surface area contributed by atoms with Crippen molar-refractivity contribution in [2.24, 2.45) is 5.92 Å². The smallest absolute Gasteiger partial charge is 0.223 e. The number of hydrogen-bond donors (Lipinski definition) is 2. The van der Waals surface area contributed by atoms with Gasteiger partial charge in [-0.1, -0.05) is 30.3 Å². The molecule has 2 atom stereocenters. The Morgan fingerprint density at radius 1 is 1.41 bits per heavy atom.